The number of urea groups is 1. The molecular weight excluding hydrogens is 312 g/mol. The van der Waals surface area contributed by atoms with E-state index in [9.17, 15) is 14.4 Å². The summed E-state index contributed by atoms with van der Waals surface area (Å²) in [5.41, 5.74) is 1.66. The van der Waals surface area contributed by atoms with Crippen molar-refractivity contribution in [2.75, 3.05) is 20.3 Å². The van der Waals surface area contributed by atoms with Gasteiger partial charge in [-0.3, -0.25) is 14.9 Å². The second-order valence-electron chi connectivity index (χ2n) is 5.80. The Labute approximate surface area is 141 Å². The third kappa shape index (κ3) is 7.13. The van der Waals surface area contributed by atoms with Gasteiger partial charge in [-0.2, -0.15) is 0 Å². The third-order valence-corrected chi connectivity index (χ3v) is 3.06. The van der Waals surface area contributed by atoms with Crippen molar-refractivity contribution in [3.63, 3.8) is 0 Å². The summed E-state index contributed by atoms with van der Waals surface area (Å²) in [4.78, 5) is 34.8. The number of aryl methyl sites for hydroxylation is 1. The molecule has 0 unspecified atom stereocenters. The fourth-order valence-electron chi connectivity index (χ4n) is 1.90. The zero-order valence-electron chi connectivity index (χ0n) is 14.5. The van der Waals surface area contributed by atoms with Crippen molar-refractivity contribution in [3.8, 4) is 5.75 Å². The molecule has 0 spiro atoms. The van der Waals surface area contributed by atoms with Crippen molar-refractivity contribution in [3.05, 3.63) is 29.3 Å². The van der Waals surface area contributed by atoms with Crippen LogP contribution in [-0.2, 0) is 20.7 Å². The highest BCUT2D eigenvalue weighted by atomic mass is 16.5. The fourth-order valence-corrected chi connectivity index (χ4v) is 1.90. The lowest BCUT2D eigenvalue weighted by Crippen LogP contribution is -2.42. The van der Waals surface area contributed by atoms with E-state index in [1.54, 1.807) is 6.07 Å². The molecule has 0 saturated carbocycles. The quantitative estimate of drug-likeness (QED) is 0.737. The van der Waals surface area contributed by atoms with Gasteiger partial charge in [-0.1, -0.05) is 31.5 Å². The van der Waals surface area contributed by atoms with E-state index in [1.165, 1.54) is 7.11 Å². The number of nitrogens with one attached hydrogen (secondary N) is 2. The van der Waals surface area contributed by atoms with E-state index in [1.807, 2.05) is 32.9 Å². The van der Waals surface area contributed by atoms with Gasteiger partial charge in [0.2, 0.25) is 0 Å². The first-order valence-electron chi connectivity index (χ1n) is 7.68. The standard InChI is InChI=1S/C17H24N2O5/c1-11(2)9-18-17(22)19-15(20)10-24-16(21)8-13-7-12(3)5-6-14(13)23-4/h5-7,11H,8-10H2,1-4H3,(H2,18,19,20,22). The largest absolute Gasteiger partial charge is 0.496 e. The lowest BCUT2D eigenvalue weighted by Gasteiger charge is -2.10. The average molecular weight is 336 g/mol. The molecule has 3 amide bonds. The van der Waals surface area contributed by atoms with Crippen LogP contribution in [0.4, 0.5) is 4.79 Å². The highest BCUT2D eigenvalue weighted by Gasteiger charge is 2.13. The fraction of sp³-hybridized carbons (Fsp3) is 0.471. The minimum atomic E-state index is -0.680. The van der Waals surface area contributed by atoms with Crippen molar-refractivity contribution < 1.29 is 23.9 Å². The van der Waals surface area contributed by atoms with Crippen LogP contribution in [0.2, 0.25) is 0 Å². The molecule has 0 fully saturated rings. The molecule has 1 rings (SSSR count). The van der Waals surface area contributed by atoms with Gasteiger partial charge >= 0.3 is 12.0 Å². The first-order chi connectivity index (χ1) is 11.3. The maximum absolute atomic E-state index is 11.8. The molecular formula is C17H24N2O5. The lowest BCUT2D eigenvalue weighted by molar-refractivity contribution is -0.147. The summed E-state index contributed by atoms with van der Waals surface area (Å²) in [6, 6.07) is 4.85. The van der Waals surface area contributed by atoms with Crippen LogP contribution in [-0.4, -0.2) is 38.2 Å². The van der Waals surface area contributed by atoms with Crippen LogP contribution in [0.15, 0.2) is 18.2 Å². The van der Waals surface area contributed by atoms with Crippen molar-refractivity contribution in [2.45, 2.75) is 27.2 Å². The van der Waals surface area contributed by atoms with Gasteiger partial charge in [0.25, 0.3) is 5.91 Å². The summed E-state index contributed by atoms with van der Waals surface area (Å²) in [5, 5.41) is 4.63. The van der Waals surface area contributed by atoms with E-state index in [0.717, 1.165) is 5.56 Å². The predicted molar refractivity (Wildman–Crippen MR) is 88.8 cm³/mol. The highest BCUT2D eigenvalue weighted by molar-refractivity contribution is 5.95. The number of imide groups is 1. The number of amides is 3. The van der Waals surface area contributed by atoms with Gasteiger partial charge in [0.15, 0.2) is 6.61 Å². The van der Waals surface area contributed by atoms with E-state index in [0.29, 0.717) is 17.9 Å². The second-order valence-corrected chi connectivity index (χ2v) is 5.80. The normalized spacial score (nSPS) is 10.2. The molecule has 7 nitrogen and oxygen atoms in total. The number of ether oxygens (including phenoxy) is 2. The smallest absolute Gasteiger partial charge is 0.321 e. The van der Waals surface area contributed by atoms with Gasteiger partial charge < -0.3 is 14.8 Å². The Morgan fingerprint density at radius 1 is 1.21 bits per heavy atom. The summed E-state index contributed by atoms with van der Waals surface area (Å²) in [5.74, 6) is -0.402. The summed E-state index contributed by atoms with van der Waals surface area (Å²) < 4.78 is 10.1. The molecule has 0 aliphatic carbocycles. The van der Waals surface area contributed by atoms with Crippen molar-refractivity contribution in [1.82, 2.24) is 10.6 Å². The molecule has 0 aliphatic heterocycles. The molecule has 0 atom stereocenters. The second kappa shape index (κ2) is 9.54. The van der Waals surface area contributed by atoms with Crippen molar-refractivity contribution >= 4 is 17.9 Å². The number of carbonyl (C=O) groups excluding carboxylic acids is 3. The Morgan fingerprint density at radius 3 is 2.54 bits per heavy atom. The molecule has 132 valence electrons. The first-order valence-corrected chi connectivity index (χ1v) is 7.68. The molecule has 0 aromatic heterocycles. The monoisotopic (exact) mass is 336 g/mol. The van der Waals surface area contributed by atoms with Crippen LogP contribution in [0, 0.1) is 12.8 Å². The van der Waals surface area contributed by atoms with Gasteiger partial charge in [-0.05, 0) is 18.9 Å². The van der Waals surface area contributed by atoms with E-state index < -0.39 is 24.5 Å². The van der Waals surface area contributed by atoms with Crippen LogP contribution in [0.1, 0.15) is 25.0 Å². The number of hydrogen-bond acceptors (Lipinski definition) is 5. The van der Waals surface area contributed by atoms with Gasteiger partial charge in [0.1, 0.15) is 5.75 Å². The summed E-state index contributed by atoms with van der Waals surface area (Å²) in [7, 11) is 1.52. The maximum atomic E-state index is 11.8. The van der Waals surface area contributed by atoms with Gasteiger partial charge in [0, 0.05) is 12.1 Å². The number of methoxy groups -OCH3 is 1. The Kier molecular flexibility index (Phi) is 7.74. The Bertz CT molecular complexity index is 599. The SMILES string of the molecule is COc1ccc(C)cc1CC(=O)OCC(=O)NC(=O)NCC(C)C. The van der Waals surface area contributed by atoms with Crippen LogP contribution in [0.25, 0.3) is 0 Å². The number of hydrogen-bond donors (Lipinski definition) is 2. The van der Waals surface area contributed by atoms with Crippen LogP contribution >= 0.6 is 0 Å². The third-order valence-electron chi connectivity index (χ3n) is 3.06. The molecule has 0 radical (unpaired) electrons. The predicted octanol–water partition coefficient (Wildman–Crippen LogP) is 1.57. The molecule has 1 aromatic carbocycles. The molecule has 0 heterocycles. The number of esters is 1. The number of carbonyl (C=O) groups is 3. The van der Waals surface area contributed by atoms with Crippen molar-refractivity contribution in [1.29, 1.82) is 0 Å². The Morgan fingerprint density at radius 2 is 1.92 bits per heavy atom. The number of rotatable bonds is 7. The highest BCUT2D eigenvalue weighted by Crippen LogP contribution is 2.20. The lowest BCUT2D eigenvalue weighted by atomic mass is 10.1. The topological polar surface area (TPSA) is 93.7 Å². The Balaban J connectivity index is 2.42. The molecule has 0 aliphatic rings. The van der Waals surface area contributed by atoms with E-state index in [-0.39, 0.29) is 12.3 Å². The zero-order chi connectivity index (χ0) is 18.1. The van der Waals surface area contributed by atoms with Gasteiger partial charge in [0.05, 0.1) is 13.5 Å². The summed E-state index contributed by atoms with van der Waals surface area (Å²) in [6.07, 6.45) is -0.0162. The van der Waals surface area contributed by atoms with Crippen LogP contribution in [0.3, 0.4) is 0 Å². The van der Waals surface area contributed by atoms with E-state index >= 15 is 0 Å². The molecule has 0 bridgehead atoms. The average Bonchev–Trinajstić information content (AvgIpc) is 2.51. The van der Waals surface area contributed by atoms with Crippen LogP contribution in [0.5, 0.6) is 5.75 Å². The molecule has 2 N–H and O–H groups in total. The Hall–Kier alpha value is -2.57. The molecule has 24 heavy (non-hydrogen) atoms. The minimum Gasteiger partial charge on any atom is -0.496 e. The summed E-state index contributed by atoms with van der Waals surface area (Å²) >= 11 is 0. The van der Waals surface area contributed by atoms with E-state index in [4.69, 9.17) is 9.47 Å². The van der Waals surface area contributed by atoms with Gasteiger partial charge in [-0.25, -0.2) is 4.79 Å². The zero-order valence-corrected chi connectivity index (χ0v) is 14.5. The number of benzene rings is 1. The molecule has 1 aromatic rings. The molecule has 7 heteroatoms. The van der Waals surface area contributed by atoms with Crippen molar-refractivity contribution in [2.24, 2.45) is 5.92 Å². The van der Waals surface area contributed by atoms with E-state index in [2.05, 4.69) is 10.6 Å². The minimum absolute atomic E-state index is 0.0162. The van der Waals surface area contributed by atoms with Crippen LogP contribution < -0.4 is 15.4 Å². The summed E-state index contributed by atoms with van der Waals surface area (Å²) in [6.45, 7) is 5.71. The maximum Gasteiger partial charge on any atom is 0.321 e. The van der Waals surface area contributed by atoms with Gasteiger partial charge in [-0.15, -0.1) is 0 Å². The molecule has 0 saturated heterocycles. The first kappa shape index (κ1) is 19.5.